The highest BCUT2D eigenvalue weighted by Crippen LogP contribution is 2.17. The molecule has 2 rings (SSSR count). The van der Waals surface area contributed by atoms with Crippen molar-refractivity contribution in [2.75, 3.05) is 26.3 Å². The monoisotopic (exact) mass is 393 g/mol. The first kappa shape index (κ1) is 22.8. The van der Waals surface area contributed by atoms with E-state index in [9.17, 15) is 0 Å². The Morgan fingerprint density at radius 1 is 0.690 bits per heavy atom. The molecular weight excluding hydrogens is 358 g/mol. The SMILES string of the molecule is CCCCOC(=CCNCC=C(OCCCC)c1ccccc1)c1ccccc1. The molecule has 29 heavy (non-hydrogen) atoms. The molecule has 0 radical (unpaired) electrons. The molecule has 3 heteroatoms. The van der Waals surface area contributed by atoms with E-state index >= 15 is 0 Å². The number of benzene rings is 2. The Labute approximate surface area is 176 Å². The van der Waals surface area contributed by atoms with E-state index in [0.717, 1.165) is 74.6 Å². The normalized spacial score (nSPS) is 12.1. The van der Waals surface area contributed by atoms with Crippen molar-refractivity contribution >= 4 is 11.5 Å². The first-order chi connectivity index (χ1) is 14.3. The molecule has 156 valence electrons. The highest BCUT2D eigenvalue weighted by molar-refractivity contribution is 5.60. The van der Waals surface area contributed by atoms with Crippen molar-refractivity contribution in [2.24, 2.45) is 0 Å². The summed E-state index contributed by atoms with van der Waals surface area (Å²) in [6.45, 7) is 7.33. The van der Waals surface area contributed by atoms with Crippen LogP contribution in [-0.2, 0) is 9.47 Å². The molecule has 0 saturated carbocycles. The minimum Gasteiger partial charge on any atom is -0.493 e. The summed E-state index contributed by atoms with van der Waals surface area (Å²) in [4.78, 5) is 0. The lowest BCUT2D eigenvalue weighted by molar-refractivity contribution is 0.269. The minimum atomic E-state index is 0.740. The second-order valence-corrected chi connectivity index (χ2v) is 6.93. The number of ether oxygens (including phenoxy) is 2. The van der Waals surface area contributed by atoms with E-state index in [2.05, 4.69) is 55.6 Å². The molecule has 3 nitrogen and oxygen atoms in total. The summed E-state index contributed by atoms with van der Waals surface area (Å²) in [5.74, 6) is 1.89. The van der Waals surface area contributed by atoms with Crippen molar-refractivity contribution < 1.29 is 9.47 Å². The zero-order valence-electron chi connectivity index (χ0n) is 17.9. The maximum Gasteiger partial charge on any atom is 0.123 e. The average Bonchev–Trinajstić information content (AvgIpc) is 2.78. The predicted octanol–water partition coefficient (Wildman–Crippen LogP) is 6.29. The molecule has 0 aliphatic heterocycles. The van der Waals surface area contributed by atoms with Gasteiger partial charge in [0.25, 0.3) is 0 Å². The van der Waals surface area contributed by atoms with Gasteiger partial charge < -0.3 is 14.8 Å². The molecule has 0 aliphatic rings. The Morgan fingerprint density at radius 3 is 1.48 bits per heavy atom. The van der Waals surface area contributed by atoms with Gasteiger partial charge in [-0.05, 0) is 25.0 Å². The molecule has 0 aliphatic carbocycles. The Kier molecular flexibility index (Phi) is 11.4. The van der Waals surface area contributed by atoms with Crippen molar-refractivity contribution in [2.45, 2.75) is 39.5 Å². The standard InChI is InChI=1S/C26H35NO2/c1-3-5-21-28-25(23-13-9-7-10-14-23)17-19-27-20-18-26(29-22-6-4-2)24-15-11-8-12-16-24/h7-18,27H,3-6,19-22H2,1-2H3. The molecule has 0 atom stereocenters. The molecule has 0 aromatic heterocycles. The maximum atomic E-state index is 6.01. The Hall–Kier alpha value is -2.52. The lowest BCUT2D eigenvalue weighted by Crippen LogP contribution is -2.14. The number of hydrogen-bond donors (Lipinski definition) is 1. The average molecular weight is 394 g/mol. The van der Waals surface area contributed by atoms with Crippen LogP contribution in [0.5, 0.6) is 0 Å². The van der Waals surface area contributed by atoms with Crippen LogP contribution in [0, 0.1) is 0 Å². The minimum absolute atomic E-state index is 0.740. The van der Waals surface area contributed by atoms with Crippen LogP contribution < -0.4 is 5.32 Å². The third-order valence-corrected chi connectivity index (χ3v) is 4.49. The molecular formula is C26H35NO2. The van der Waals surface area contributed by atoms with Crippen LogP contribution in [0.2, 0.25) is 0 Å². The van der Waals surface area contributed by atoms with E-state index in [4.69, 9.17) is 9.47 Å². The molecule has 0 saturated heterocycles. The Morgan fingerprint density at radius 2 is 1.10 bits per heavy atom. The molecule has 2 aromatic carbocycles. The zero-order valence-corrected chi connectivity index (χ0v) is 17.9. The summed E-state index contributed by atoms with van der Waals surface area (Å²) in [6, 6.07) is 20.6. The first-order valence-corrected chi connectivity index (χ1v) is 10.8. The lowest BCUT2D eigenvalue weighted by Gasteiger charge is -2.12. The zero-order chi connectivity index (χ0) is 20.6. The molecule has 0 unspecified atom stereocenters. The number of nitrogens with one attached hydrogen (secondary N) is 1. The summed E-state index contributed by atoms with van der Waals surface area (Å²) < 4.78 is 12.0. The Balaban J connectivity index is 1.94. The van der Waals surface area contributed by atoms with E-state index in [-0.39, 0.29) is 0 Å². The number of rotatable bonds is 14. The third kappa shape index (κ3) is 9.01. The van der Waals surface area contributed by atoms with Gasteiger partial charge in [-0.2, -0.15) is 0 Å². The lowest BCUT2D eigenvalue weighted by atomic mass is 10.1. The maximum absolute atomic E-state index is 6.01. The van der Waals surface area contributed by atoms with Gasteiger partial charge in [0.1, 0.15) is 11.5 Å². The van der Waals surface area contributed by atoms with Crippen molar-refractivity contribution in [3.05, 3.63) is 83.9 Å². The van der Waals surface area contributed by atoms with Crippen molar-refractivity contribution in [1.29, 1.82) is 0 Å². The highest BCUT2D eigenvalue weighted by Gasteiger charge is 2.03. The topological polar surface area (TPSA) is 30.5 Å². The fraction of sp³-hybridized carbons (Fsp3) is 0.385. The van der Waals surface area contributed by atoms with Gasteiger partial charge in [-0.25, -0.2) is 0 Å². The number of unbranched alkanes of at least 4 members (excludes halogenated alkanes) is 2. The van der Waals surface area contributed by atoms with Crippen molar-refractivity contribution in [3.8, 4) is 0 Å². The van der Waals surface area contributed by atoms with Gasteiger partial charge in [0.2, 0.25) is 0 Å². The van der Waals surface area contributed by atoms with E-state index in [1.54, 1.807) is 0 Å². The van der Waals surface area contributed by atoms with Crippen LogP contribution in [0.15, 0.2) is 72.8 Å². The first-order valence-electron chi connectivity index (χ1n) is 10.8. The smallest absolute Gasteiger partial charge is 0.123 e. The van der Waals surface area contributed by atoms with Crippen LogP contribution in [0.1, 0.15) is 50.7 Å². The van der Waals surface area contributed by atoms with Crippen LogP contribution in [0.4, 0.5) is 0 Å². The van der Waals surface area contributed by atoms with E-state index in [0.29, 0.717) is 0 Å². The molecule has 0 amide bonds. The fourth-order valence-electron chi connectivity index (χ4n) is 2.79. The largest absolute Gasteiger partial charge is 0.493 e. The molecule has 0 heterocycles. The predicted molar refractivity (Wildman–Crippen MR) is 123 cm³/mol. The van der Waals surface area contributed by atoms with Gasteiger partial charge in [-0.15, -0.1) is 0 Å². The van der Waals surface area contributed by atoms with Crippen molar-refractivity contribution in [1.82, 2.24) is 5.32 Å². The summed E-state index contributed by atoms with van der Waals surface area (Å²) >= 11 is 0. The van der Waals surface area contributed by atoms with Gasteiger partial charge in [0.15, 0.2) is 0 Å². The molecule has 0 fully saturated rings. The molecule has 0 spiro atoms. The number of hydrogen-bond acceptors (Lipinski definition) is 3. The summed E-state index contributed by atoms with van der Waals surface area (Å²) in [5, 5.41) is 3.45. The quantitative estimate of drug-likeness (QED) is 0.302. The third-order valence-electron chi connectivity index (χ3n) is 4.49. The van der Waals surface area contributed by atoms with Gasteiger partial charge in [0.05, 0.1) is 13.2 Å². The van der Waals surface area contributed by atoms with Crippen LogP contribution >= 0.6 is 0 Å². The summed E-state index contributed by atoms with van der Waals surface area (Å²) in [7, 11) is 0. The second-order valence-electron chi connectivity index (χ2n) is 6.93. The van der Waals surface area contributed by atoms with Crippen LogP contribution in [0.25, 0.3) is 11.5 Å². The van der Waals surface area contributed by atoms with Gasteiger partial charge in [-0.3, -0.25) is 0 Å². The van der Waals surface area contributed by atoms with E-state index < -0.39 is 0 Å². The summed E-state index contributed by atoms with van der Waals surface area (Å²) in [5.41, 5.74) is 2.24. The van der Waals surface area contributed by atoms with Crippen LogP contribution in [0.3, 0.4) is 0 Å². The highest BCUT2D eigenvalue weighted by atomic mass is 16.5. The molecule has 1 N–H and O–H groups in total. The molecule has 2 aromatic rings. The second kappa shape index (κ2) is 14.5. The Bertz CT molecular complexity index is 659. The fourth-order valence-corrected chi connectivity index (χ4v) is 2.79. The van der Waals surface area contributed by atoms with E-state index in [1.165, 1.54) is 0 Å². The van der Waals surface area contributed by atoms with Gasteiger partial charge in [0, 0.05) is 24.2 Å². The summed E-state index contributed by atoms with van der Waals surface area (Å²) in [6.07, 6.45) is 8.64. The van der Waals surface area contributed by atoms with Gasteiger partial charge >= 0.3 is 0 Å². The van der Waals surface area contributed by atoms with Gasteiger partial charge in [-0.1, -0.05) is 87.4 Å². The molecule has 0 bridgehead atoms. The van der Waals surface area contributed by atoms with E-state index in [1.807, 2.05) is 36.4 Å². The van der Waals surface area contributed by atoms with Crippen LogP contribution in [-0.4, -0.2) is 26.3 Å². The van der Waals surface area contributed by atoms with Crippen molar-refractivity contribution in [3.63, 3.8) is 0 Å².